The van der Waals surface area contributed by atoms with E-state index in [2.05, 4.69) is 34.0 Å². The van der Waals surface area contributed by atoms with E-state index in [0.717, 1.165) is 31.1 Å². The number of carbonyl (C=O) groups is 1. The van der Waals surface area contributed by atoms with Crippen LogP contribution in [0.15, 0.2) is 36.5 Å². The molecule has 3 heterocycles. The summed E-state index contributed by atoms with van der Waals surface area (Å²) < 4.78 is 0. The van der Waals surface area contributed by atoms with Gasteiger partial charge in [-0.05, 0) is 37.1 Å². The Morgan fingerprint density at radius 1 is 1.33 bits per heavy atom. The average Bonchev–Trinajstić information content (AvgIpc) is 2.62. The zero-order chi connectivity index (χ0) is 17.1. The van der Waals surface area contributed by atoms with Gasteiger partial charge in [0.2, 0.25) is 5.78 Å². The quantitative estimate of drug-likeness (QED) is 0.876. The Kier molecular flexibility index (Phi) is 4.90. The number of anilines is 1. The molecule has 1 atom stereocenters. The summed E-state index contributed by atoms with van der Waals surface area (Å²) in [7, 11) is 0. The van der Waals surface area contributed by atoms with Crippen molar-refractivity contribution in [2.24, 2.45) is 5.92 Å². The smallest absolute Gasteiger partial charge is 0.213 e. The Bertz CT molecular complexity index is 735. The summed E-state index contributed by atoms with van der Waals surface area (Å²) in [6.07, 6.45) is 1.70. The molecular formula is C19H26N4O. The van der Waals surface area contributed by atoms with Crippen molar-refractivity contribution >= 4 is 11.6 Å². The van der Waals surface area contributed by atoms with Crippen molar-refractivity contribution in [1.29, 1.82) is 0 Å². The first-order valence-electron chi connectivity index (χ1n) is 8.48. The summed E-state index contributed by atoms with van der Waals surface area (Å²) in [5.41, 5.74) is 1.82. The van der Waals surface area contributed by atoms with E-state index in [4.69, 9.17) is 0 Å². The highest BCUT2D eigenvalue weighted by Crippen LogP contribution is 2.18. The van der Waals surface area contributed by atoms with Gasteiger partial charge < -0.3 is 10.2 Å². The highest BCUT2D eigenvalue weighted by atomic mass is 16.1. The van der Waals surface area contributed by atoms with Gasteiger partial charge in [-0.15, -0.1) is 0 Å². The van der Waals surface area contributed by atoms with Crippen LogP contribution in [-0.4, -0.2) is 41.4 Å². The number of pyridine rings is 2. The van der Waals surface area contributed by atoms with Crippen LogP contribution in [0.4, 0.5) is 5.82 Å². The molecule has 0 spiro atoms. The van der Waals surface area contributed by atoms with Crippen LogP contribution in [0.3, 0.4) is 0 Å². The van der Waals surface area contributed by atoms with Gasteiger partial charge in [0.25, 0.3) is 0 Å². The molecule has 0 aromatic carbocycles. The summed E-state index contributed by atoms with van der Waals surface area (Å²) >= 11 is 0. The van der Waals surface area contributed by atoms with Crippen molar-refractivity contribution in [3.8, 4) is 0 Å². The van der Waals surface area contributed by atoms with Gasteiger partial charge in [0, 0.05) is 44.6 Å². The van der Waals surface area contributed by atoms with E-state index in [-0.39, 0.29) is 7.21 Å². The largest absolute Gasteiger partial charge is 0.354 e. The molecule has 128 valence electrons. The monoisotopic (exact) mass is 326 g/mol. The van der Waals surface area contributed by atoms with Crippen molar-refractivity contribution in [2.75, 3.05) is 24.5 Å². The summed E-state index contributed by atoms with van der Waals surface area (Å²) in [4.78, 5) is 23.8. The maximum atomic E-state index is 12.7. The van der Waals surface area contributed by atoms with Gasteiger partial charge >= 0.3 is 0 Å². The van der Waals surface area contributed by atoms with Crippen LogP contribution in [0.5, 0.6) is 0 Å². The SMILES string of the molecule is Cc1ncccc1C(=O)c1cccc(N2CCN[C@@H](C(C)C)C2)n1.[HH]. The second-order valence-corrected chi connectivity index (χ2v) is 6.60. The molecule has 3 rings (SSSR count). The van der Waals surface area contributed by atoms with E-state index in [0.29, 0.717) is 23.2 Å². The van der Waals surface area contributed by atoms with E-state index < -0.39 is 0 Å². The molecule has 0 aliphatic carbocycles. The maximum absolute atomic E-state index is 12.7. The van der Waals surface area contributed by atoms with Gasteiger partial charge in [0.1, 0.15) is 11.5 Å². The molecule has 1 aliphatic heterocycles. The number of hydrogen-bond acceptors (Lipinski definition) is 5. The number of aryl methyl sites for hydroxylation is 1. The van der Waals surface area contributed by atoms with Crippen molar-refractivity contribution in [3.63, 3.8) is 0 Å². The van der Waals surface area contributed by atoms with Crippen LogP contribution in [0.2, 0.25) is 0 Å². The number of ketones is 1. The Labute approximate surface area is 144 Å². The van der Waals surface area contributed by atoms with Crippen LogP contribution >= 0.6 is 0 Å². The molecule has 2 aromatic heterocycles. The zero-order valence-corrected chi connectivity index (χ0v) is 14.5. The Balaban J connectivity index is 0.00000225. The molecule has 0 radical (unpaired) electrons. The minimum absolute atomic E-state index is 0. The summed E-state index contributed by atoms with van der Waals surface area (Å²) in [6, 6.07) is 9.70. The van der Waals surface area contributed by atoms with Crippen molar-refractivity contribution in [2.45, 2.75) is 26.8 Å². The van der Waals surface area contributed by atoms with Crippen molar-refractivity contribution < 1.29 is 6.22 Å². The number of nitrogens with one attached hydrogen (secondary N) is 1. The lowest BCUT2D eigenvalue weighted by atomic mass is 10.0. The lowest BCUT2D eigenvalue weighted by Crippen LogP contribution is -2.53. The van der Waals surface area contributed by atoms with Crippen molar-refractivity contribution in [1.82, 2.24) is 15.3 Å². The van der Waals surface area contributed by atoms with E-state index in [1.165, 1.54) is 0 Å². The molecule has 0 amide bonds. The van der Waals surface area contributed by atoms with Gasteiger partial charge in [0.15, 0.2) is 0 Å². The molecule has 24 heavy (non-hydrogen) atoms. The third-order valence-electron chi connectivity index (χ3n) is 4.55. The molecule has 0 unspecified atom stereocenters. The summed E-state index contributed by atoms with van der Waals surface area (Å²) in [6.45, 7) is 9.04. The summed E-state index contributed by atoms with van der Waals surface area (Å²) in [5, 5.41) is 3.54. The summed E-state index contributed by atoms with van der Waals surface area (Å²) in [5.74, 6) is 1.36. The number of nitrogens with zero attached hydrogens (tertiary/aromatic N) is 3. The van der Waals surface area contributed by atoms with E-state index in [9.17, 15) is 4.79 Å². The molecule has 1 aliphatic rings. The fraction of sp³-hybridized carbons (Fsp3) is 0.421. The zero-order valence-electron chi connectivity index (χ0n) is 14.5. The number of rotatable bonds is 4. The van der Waals surface area contributed by atoms with Gasteiger partial charge in [-0.1, -0.05) is 19.9 Å². The normalized spacial score (nSPS) is 18.0. The molecule has 0 saturated carbocycles. The molecular weight excluding hydrogens is 300 g/mol. The van der Waals surface area contributed by atoms with Gasteiger partial charge in [0.05, 0.1) is 0 Å². The Hall–Kier alpha value is -2.27. The first kappa shape index (κ1) is 16.6. The molecule has 0 bridgehead atoms. The highest BCUT2D eigenvalue weighted by Gasteiger charge is 2.23. The van der Waals surface area contributed by atoms with Crippen LogP contribution in [-0.2, 0) is 0 Å². The minimum Gasteiger partial charge on any atom is -0.354 e. The van der Waals surface area contributed by atoms with Gasteiger partial charge in [-0.25, -0.2) is 4.98 Å². The molecule has 1 fully saturated rings. The third kappa shape index (κ3) is 3.46. The fourth-order valence-corrected chi connectivity index (χ4v) is 3.02. The topological polar surface area (TPSA) is 58.1 Å². The Morgan fingerprint density at radius 3 is 2.92 bits per heavy atom. The lowest BCUT2D eigenvalue weighted by molar-refractivity contribution is 0.103. The van der Waals surface area contributed by atoms with Gasteiger partial charge in [-0.3, -0.25) is 9.78 Å². The highest BCUT2D eigenvalue weighted by molar-refractivity contribution is 6.08. The van der Waals surface area contributed by atoms with Crippen LogP contribution in [0.25, 0.3) is 0 Å². The number of aromatic nitrogens is 2. The number of hydrogen-bond donors (Lipinski definition) is 1. The van der Waals surface area contributed by atoms with Crippen molar-refractivity contribution in [3.05, 3.63) is 53.5 Å². The third-order valence-corrected chi connectivity index (χ3v) is 4.55. The molecule has 5 nitrogen and oxygen atoms in total. The first-order valence-corrected chi connectivity index (χ1v) is 8.48. The van der Waals surface area contributed by atoms with Crippen LogP contribution < -0.4 is 10.2 Å². The predicted octanol–water partition coefficient (Wildman–Crippen LogP) is 2.70. The number of carbonyl (C=O) groups excluding carboxylic acids is 1. The molecule has 1 saturated heterocycles. The lowest BCUT2D eigenvalue weighted by Gasteiger charge is -2.36. The maximum Gasteiger partial charge on any atom is 0.213 e. The van der Waals surface area contributed by atoms with E-state index >= 15 is 0 Å². The number of piperazine rings is 1. The molecule has 2 aromatic rings. The molecule has 1 N–H and O–H groups in total. The fourth-order valence-electron chi connectivity index (χ4n) is 3.02. The predicted molar refractivity (Wildman–Crippen MR) is 97.6 cm³/mol. The van der Waals surface area contributed by atoms with Gasteiger partial charge in [-0.2, -0.15) is 0 Å². The van der Waals surface area contributed by atoms with Crippen LogP contribution in [0.1, 0.15) is 37.0 Å². The average molecular weight is 326 g/mol. The first-order chi connectivity index (χ1) is 11.6. The standard InChI is InChI=1S/C19H24N4O.H2/c1-13(2)17-12-23(11-10-21-17)18-8-4-7-16(22-18)19(24)15-6-5-9-20-14(15)3;/h4-9,13,17,21H,10-12H2,1-3H3;1H/t17-;/m1./s1. The molecule has 5 heteroatoms. The minimum atomic E-state index is -0.0713. The second-order valence-electron chi connectivity index (χ2n) is 6.60. The van der Waals surface area contributed by atoms with Crippen LogP contribution in [0, 0.1) is 12.8 Å². The van der Waals surface area contributed by atoms with E-state index in [1.54, 1.807) is 24.4 Å². The van der Waals surface area contributed by atoms with E-state index in [1.807, 2.05) is 19.1 Å². The second kappa shape index (κ2) is 7.09. The Morgan fingerprint density at radius 2 is 2.17 bits per heavy atom.